The summed E-state index contributed by atoms with van der Waals surface area (Å²) in [7, 11) is -4.08. The van der Waals surface area contributed by atoms with Crippen LogP contribution in [0.4, 0.5) is 0 Å². The van der Waals surface area contributed by atoms with Crippen molar-refractivity contribution in [1.82, 2.24) is 4.31 Å². The van der Waals surface area contributed by atoms with E-state index in [1.807, 2.05) is 6.92 Å². The van der Waals surface area contributed by atoms with E-state index in [9.17, 15) is 18.0 Å². The van der Waals surface area contributed by atoms with Crippen LogP contribution in [-0.2, 0) is 14.8 Å². The van der Waals surface area contributed by atoms with Gasteiger partial charge < -0.3 is 15.3 Å². The van der Waals surface area contributed by atoms with E-state index in [0.717, 1.165) is 16.8 Å². The lowest BCUT2D eigenvalue weighted by atomic mass is 10.3. The molecule has 8 nitrogen and oxygen atoms in total. The zero-order valence-corrected chi connectivity index (χ0v) is 13.6. The van der Waals surface area contributed by atoms with Gasteiger partial charge in [0.15, 0.2) is 4.67 Å². The van der Waals surface area contributed by atoms with Crippen LogP contribution >= 0.6 is 15.9 Å². The van der Waals surface area contributed by atoms with Gasteiger partial charge in [0.05, 0.1) is 6.54 Å². The number of sulfonamides is 1. The minimum Gasteiger partial charge on any atom is -0.475 e. The largest absolute Gasteiger partial charge is 0.475 e. The second-order valence-electron chi connectivity index (χ2n) is 4.21. The molecule has 0 aliphatic rings. The van der Waals surface area contributed by atoms with Gasteiger partial charge in [0.2, 0.25) is 21.7 Å². The molecular weight excluding hydrogens is 368 g/mol. The van der Waals surface area contributed by atoms with Crippen LogP contribution < -0.4 is 5.73 Å². The van der Waals surface area contributed by atoms with Crippen LogP contribution in [0, 0.1) is 0 Å². The van der Waals surface area contributed by atoms with E-state index >= 15 is 0 Å². The SMILES string of the molecule is CCCCN(CC(N)=O)S(=O)(=O)c1cc(C(=O)O)oc1Br. The number of carboxylic acids is 1. The van der Waals surface area contributed by atoms with Gasteiger partial charge in [-0.15, -0.1) is 0 Å². The summed E-state index contributed by atoms with van der Waals surface area (Å²) in [6.45, 7) is 1.48. The smallest absolute Gasteiger partial charge is 0.371 e. The third kappa shape index (κ3) is 4.29. The van der Waals surface area contributed by atoms with E-state index in [-0.39, 0.29) is 16.1 Å². The van der Waals surface area contributed by atoms with Gasteiger partial charge in [-0.3, -0.25) is 4.79 Å². The zero-order valence-electron chi connectivity index (χ0n) is 11.2. The second kappa shape index (κ2) is 7.05. The Bertz CT molecular complexity index is 639. The van der Waals surface area contributed by atoms with Crippen LogP contribution in [-0.4, -0.2) is 42.8 Å². The van der Waals surface area contributed by atoms with Crippen LogP contribution in [0.15, 0.2) is 20.0 Å². The quantitative estimate of drug-likeness (QED) is 0.689. The number of rotatable bonds is 8. The second-order valence-corrected chi connectivity index (χ2v) is 6.84. The van der Waals surface area contributed by atoms with Crippen molar-refractivity contribution in [3.8, 4) is 0 Å². The Balaban J connectivity index is 3.21. The Labute approximate surface area is 130 Å². The highest BCUT2D eigenvalue weighted by Gasteiger charge is 2.31. The number of carbonyl (C=O) groups excluding carboxylic acids is 1. The predicted molar refractivity (Wildman–Crippen MR) is 76.2 cm³/mol. The fourth-order valence-corrected chi connectivity index (χ4v) is 3.91. The number of hydrogen-bond acceptors (Lipinski definition) is 5. The van der Waals surface area contributed by atoms with E-state index in [2.05, 4.69) is 15.9 Å². The highest BCUT2D eigenvalue weighted by atomic mass is 79.9. The van der Waals surface area contributed by atoms with Gasteiger partial charge in [0, 0.05) is 12.6 Å². The lowest BCUT2D eigenvalue weighted by molar-refractivity contribution is -0.118. The van der Waals surface area contributed by atoms with Crippen LogP contribution in [0.1, 0.15) is 30.3 Å². The number of amides is 1. The van der Waals surface area contributed by atoms with Crippen LogP contribution in [0.2, 0.25) is 0 Å². The maximum absolute atomic E-state index is 12.5. The molecule has 1 amide bonds. The Morgan fingerprint density at radius 3 is 2.52 bits per heavy atom. The first-order valence-corrected chi connectivity index (χ1v) is 8.24. The normalized spacial score (nSPS) is 11.8. The van der Waals surface area contributed by atoms with Crippen molar-refractivity contribution in [1.29, 1.82) is 0 Å². The maximum atomic E-state index is 12.5. The lowest BCUT2D eigenvalue weighted by Crippen LogP contribution is -2.39. The summed E-state index contributed by atoms with van der Waals surface area (Å²) in [6, 6.07) is 0.891. The molecule has 0 aromatic carbocycles. The molecule has 0 fully saturated rings. The van der Waals surface area contributed by atoms with Gasteiger partial charge in [-0.05, 0) is 22.4 Å². The van der Waals surface area contributed by atoms with Gasteiger partial charge in [0.25, 0.3) is 0 Å². The number of furan rings is 1. The molecule has 0 unspecified atom stereocenters. The number of primary amides is 1. The van der Waals surface area contributed by atoms with Crippen molar-refractivity contribution in [3.05, 3.63) is 16.5 Å². The zero-order chi connectivity index (χ0) is 16.2. The highest BCUT2D eigenvalue weighted by molar-refractivity contribution is 9.10. The fraction of sp³-hybridized carbons (Fsp3) is 0.455. The first-order valence-electron chi connectivity index (χ1n) is 6.01. The number of unbranched alkanes of at least 4 members (excludes halogenated alkanes) is 1. The van der Waals surface area contributed by atoms with Gasteiger partial charge in [-0.25, -0.2) is 13.2 Å². The number of hydrogen-bond donors (Lipinski definition) is 2. The highest BCUT2D eigenvalue weighted by Crippen LogP contribution is 2.29. The van der Waals surface area contributed by atoms with Gasteiger partial charge in [-0.1, -0.05) is 13.3 Å². The number of carboxylic acid groups (broad SMARTS) is 1. The fourth-order valence-electron chi connectivity index (χ4n) is 1.56. The van der Waals surface area contributed by atoms with Crippen LogP contribution in [0.5, 0.6) is 0 Å². The third-order valence-corrected chi connectivity index (χ3v) is 5.28. The number of nitrogens with two attached hydrogens (primary N) is 1. The van der Waals surface area contributed by atoms with Crippen molar-refractivity contribution in [2.45, 2.75) is 24.7 Å². The van der Waals surface area contributed by atoms with Crippen LogP contribution in [0.25, 0.3) is 0 Å². The van der Waals surface area contributed by atoms with Crippen LogP contribution in [0.3, 0.4) is 0 Å². The molecule has 1 aromatic heterocycles. The standard InChI is InChI=1S/C11H15BrN2O6S/c1-2-3-4-14(6-9(13)15)21(18,19)8-5-7(11(16)17)20-10(8)12/h5H,2-4,6H2,1H3,(H2,13,15)(H,16,17). The van der Waals surface area contributed by atoms with Gasteiger partial charge in [0.1, 0.15) is 4.90 Å². The molecule has 0 saturated heterocycles. The summed E-state index contributed by atoms with van der Waals surface area (Å²) in [6.07, 6.45) is 1.26. The van der Waals surface area contributed by atoms with E-state index in [4.69, 9.17) is 15.3 Å². The molecule has 0 radical (unpaired) electrons. The molecule has 3 N–H and O–H groups in total. The number of nitrogens with zero attached hydrogens (tertiary/aromatic N) is 1. The molecule has 0 bridgehead atoms. The number of aromatic carboxylic acids is 1. The summed E-state index contributed by atoms with van der Waals surface area (Å²) in [5, 5.41) is 8.82. The first kappa shape index (κ1) is 17.7. The van der Waals surface area contributed by atoms with Crippen molar-refractivity contribution in [3.63, 3.8) is 0 Å². The Morgan fingerprint density at radius 1 is 1.48 bits per heavy atom. The predicted octanol–water partition coefficient (Wildman–Crippen LogP) is 1.02. The number of halogens is 1. The minimum absolute atomic E-state index is 0.0990. The summed E-state index contributed by atoms with van der Waals surface area (Å²) in [4.78, 5) is 21.5. The molecule has 1 aromatic rings. The summed E-state index contributed by atoms with van der Waals surface area (Å²) in [5.74, 6) is -2.71. The average Bonchev–Trinajstić information content (AvgIpc) is 2.77. The molecule has 1 rings (SSSR count). The average molecular weight is 383 g/mol. The monoisotopic (exact) mass is 382 g/mol. The third-order valence-electron chi connectivity index (χ3n) is 2.58. The van der Waals surface area contributed by atoms with Crippen molar-refractivity contribution in [2.75, 3.05) is 13.1 Å². The van der Waals surface area contributed by atoms with Crippen molar-refractivity contribution < 1.29 is 27.5 Å². The minimum atomic E-state index is -4.08. The van der Waals surface area contributed by atoms with Crippen molar-refractivity contribution in [2.24, 2.45) is 5.73 Å². The van der Waals surface area contributed by atoms with E-state index in [0.29, 0.717) is 6.42 Å². The van der Waals surface area contributed by atoms with Gasteiger partial charge >= 0.3 is 5.97 Å². The molecule has 21 heavy (non-hydrogen) atoms. The van der Waals surface area contributed by atoms with Crippen molar-refractivity contribution >= 4 is 37.8 Å². The number of carbonyl (C=O) groups is 2. The molecule has 10 heteroatoms. The lowest BCUT2D eigenvalue weighted by Gasteiger charge is -2.19. The first-order chi connectivity index (χ1) is 9.70. The molecule has 0 spiro atoms. The summed E-state index contributed by atoms with van der Waals surface area (Å²) >= 11 is 2.87. The Kier molecular flexibility index (Phi) is 5.93. The Morgan fingerprint density at radius 2 is 2.10 bits per heavy atom. The van der Waals surface area contributed by atoms with E-state index in [1.165, 1.54) is 0 Å². The molecular formula is C11H15BrN2O6S. The summed E-state index contributed by atoms with van der Waals surface area (Å²) < 4.78 is 30.4. The molecule has 0 aliphatic carbocycles. The molecule has 0 atom stereocenters. The summed E-state index contributed by atoms with van der Waals surface area (Å²) in [5.41, 5.74) is 5.06. The van der Waals surface area contributed by atoms with E-state index in [1.54, 1.807) is 0 Å². The molecule has 1 heterocycles. The molecule has 118 valence electrons. The van der Waals surface area contributed by atoms with E-state index < -0.39 is 34.2 Å². The Hall–Kier alpha value is -1.39. The molecule has 0 saturated carbocycles. The topological polar surface area (TPSA) is 131 Å². The maximum Gasteiger partial charge on any atom is 0.371 e. The molecule has 0 aliphatic heterocycles. The van der Waals surface area contributed by atoms with Gasteiger partial charge in [-0.2, -0.15) is 4.31 Å².